The molecule has 250 valence electrons. The molecular formula is C50H36BNO. The molecule has 0 N–H and O–H groups in total. The number of aryl methyl sites for hydroxylation is 2. The Balaban J connectivity index is 1.25. The first-order valence-electron chi connectivity index (χ1n) is 18.4. The number of anilines is 3. The first-order chi connectivity index (χ1) is 26.1. The highest BCUT2D eigenvalue weighted by Gasteiger charge is 2.42. The summed E-state index contributed by atoms with van der Waals surface area (Å²) in [6, 6.07) is 66.1. The third kappa shape index (κ3) is 5.28. The molecule has 0 bridgehead atoms. The lowest BCUT2D eigenvalue weighted by molar-refractivity contribution is 0.487. The number of ether oxygens (including phenoxy) is 1. The van der Waals surface area contributed by atoms with E-state index >= 15 is 0 Å². The highest BCUT2D eigenvalue weighted by Crippen LogP contribution is 2.46. The molecule has 53 heavy (non-hydrogen) atoms. The second kappa shape index (κ2) is 12.6. The summed E-state index contributed by atoms with van der Waals surface area (Å²) in [6.45, 7) is 4.38. The van der Waals surface area contributed by atoms with Crippen molar-refractivity contribution in [1.82, 2.24) is 0 Å². The molecule has 0 saturated heterocycles. The Labute approximate surface area is 311 Å². The van der Waals surface area contributed by atoms with Crippen molar-refractivity contribution in [2.75, 3.05) is 4.90 Å². The fraction of sp³-hybridized carbons (Fsp3) is 0.0400. The monoisotopic (exact) mass is 677 g/mol. The fourth-order valence-corrected chi connectivity index (χ4v) is 8.44. The predicted octanol–water partition coefficient (Wildman–Crippen LogP) is 11.4. The van der Waals surface area contributed by atoms with Crippen LogP contribution in [0.2, 0.25) is 0 Å². The van der Waals surface area contributed by atoms with Gasteiger partial charge in [-0.05, 0) is 111 Å². The van der Waals surface area contributed by atoms with E-state index in [2.05, 4.69) is 201 Å². The summed E-state index contributed by atoms with van der Waals surface area (Å²) < 4.78 is 6.83. The Bertz CT molecular complexity index is 2670. The lowest BCUT2D eigenvalue weighted by Gasteiger charge is -2.41. The van der Waals surface area contributed by atoms with Gasteiger partial charge >= 0.3 is 0 Å². The highest BCUT2D eigenvalue weighted by atomic mass is 16.5. The molecule has 2 aliphatic heterocycles. The minimum absolute atomic E-state index is 0.0170. The highest BCUT2D eigenvalue weighted by molar-refractivity contribution is 6.99. The van der Waals surface area contributed by atoms with Crippen LogP contribution in [0.4, 0.5) is 17.1 Å². The number of fused-ring (bicyclic) bond motifs is 4. The fourth-order valence-electron chi connectivity index (χ4n) is 8.44. The van der Waals surface area contributed by atoms with Gasteiger partial charge in [0.1, 0.15) is 11.5 Å². The van der Waals surface area contributed by atoms with E-state index in [9.17, 15) is 0 Å². The van der Waals surface area contributed by atoms with E-state index in [0.29, 0.717) is 0 Å². The molecule has 0 fully saturated rings. The van der Waals surface area contributed by atoms with Crippen molar-refractivity contribution < 1.29 is 4.74 Å². The maximum atomic E-state index is 6.83. The van der Waals surface area contributed by atoms with Crippen LogP contribution in [0.25, 0.3) is 44.5 Å². The number of hydrogen-bond donors (Lipinski definition) is 0. The van der Waals surface area contributed by atoms with E-state index in [1.54, 1.807) is 0 Å². The van der Waals surface area contributed by atoms with Crippen LogP contribution in [0.15, 0.2) is 182 Å². The Morgan fingerprint density at radius 2 is 0.981 bits per heavy atom. The standard InChI is InChI=1S/C50H36BNO/c1-33-21-25-41(34(2)29-33)42-30-38(35-13-6-3-7-14-35)22-26-45(42)52-46-27-23-39(36-15-8-4-9-16-36)31-43(46)51-44-32-40(37-17-10-5-11-18-37)24-28-48(44)53-49-20-12-19-47(52)50(49)51/h3-32H,1-2H3. The molecule has 0 amide bonds. The third-order valence-corrected chi connectivity index (χ3v) is 10.9. The smallest absolute Gasteiger partial charge is 0.256 e. The summed E-state index contributed by atoms with van der Waals surface area (Å²) in [7, 11) is 0. The predicted molar refractivity (Wildman–Crippen MR) is 224 cm³/mol. The van der Waals surface area contributed by atoms with Crippen molar-refractivity contribution in [3.63, 3.8) is 0 Å². The summed E-state index contributed by atoms with van der Waals surface area (Å²) in [6.07, 6.45) is 0. The molecule has 0 radical (unpaired) electrons. The summed E-state index contributed by atoms with van der Waals surface area (Å²) in [5.41, 5.74) is 19.2. The Morgan fingerprint density at radius 1 is 0.396 bits per heavy atom. The van der Waals surface area contributed by atoms with E-state index in [0.717, 1.165) is 22.9 Å². The van der Waals surface area contributed by atoms with E-state index in [1.807, 2.05) is 0 Å². The molecule has 0 atom stereocenters. The van der Waals surface area contributed by atoms with Gasteiger partial charge in [0, 0.05) is 16.9 Å². The van der Waals surface area contributed by atoms with Crippen LogP contribution in [0, 0.1) is 13.8 Å². The largest absolute Gasteiger partial charge is 0.458 e. The minimum Gasteiger partial charge on any atom is -0.458 e. The summed E-state index contributed by atoms with van der Waals surface area (Å²) in [4.78, 5) is 2.48. The van der Waals surface area contributed by atoms with Gasteiger partial charge in [-0.2, -0.15) is 0 Å². The van der Waals surface area contributed by atoms with Gasteiger partial charge < -0.3 is 9.64 Å². The zero-order valence-electron chi connectivity index (χ0n) is 29.8. The molecule has 2 aliphatic rings. The quantitative estimate of drug-likeness (QED) is 0.168. The molecule has 3 heteroatoms. The number of rotatable bonds is 5. The average Bonchev–Trinajstić information content (AvgIpc) is 3.21. The van der Waals surface area contributed by atoms with Crippen LogP contribution in [0.3, 0.4) is 0 Å². The van der Waals surface area contributed by atoms with Crippen molar-refractivity contribution >= 4 is 40.2 Å². The van der Waals surface area contributed by atoms with Gasteiger partial charge in [0.05, 0.1) is 5.69 Å². The molecule has 10 rings (SSSR count). The van der Waals surface area contributed by atoms with Crippen LogP contribution in [0.1, 0.15) is 11.1 Å². The van der Waals surface area contributed by atoms with Crippen molar-refractivity contribution in [3.8, 4) is 56.0 Å². The maximum absolute atomic E-state index is 6.83. The SMILES string of the molecule is Cc1ccc(-c2cc(-c3ccccc3)ccc2N2c3ccc(-c4ccccc4)cc3B3c4cc(-c5ccccc5)ccc4Oc4cccc2c43)c(C)c1. The molecule has 0 unspecified atom stereocenters. The zero-order chi connectivity index (χ0) is 35.5. The Morgan fingerprint density at radius 3 is 1.62 bits per heavy atom. The Kier molecular flexibility index (Phi) is 7.40. The molecule has 8 aromatic carbocycles. The maximum Gasteiger partial charge on any atom is 0.256 e. The van der Waals surface area contributed by atoms with Gasteiger partial charge in [-0.1, -0.05) is 151 Å². The first-order valence-corrected chi connectivity index (χ1v) is 18.4. The van der Waals surface area contributed by atoms with E-state index in [1.165, 1.54) is 77.7 Å². The van der Waals surface area contributed by atoms with Crippen LogP contribution in [-0.4, -0.2) is 6.71 Å². The summed E-state index contributed by atoms with van der Waals surface area (Å²) in [5.74, 6) is 1.81. The van der Waals surface area contributed by atoms with Crippen LogP contribution >= 0.6 is 0 Å². The molecule has 2 heterocycles. The lowest BCUT2D eigenvalue weighted by atomic mass is 9.34. The molecule has 8 aromatic rings. The number of benzene rings is 8. The normalized spacial score (nSPS) is 12.4. The summed E-state index contributed by atoms with van der Waals surface area (Å²) >= 11 is 0. The second-order valence-corrected chi connectivity index (χ2v) is 14.2. The van der Waals surface area contributed by atoms with Gasteiger partial charge in [0.25, 0.3) is 6.71 Å². The molecule has 0 spiro atoms. The van der Waals surface area contributed by atoms with Gasteiger partial charge in [0.2, 0.25) is 0 Å². The van der Waals surface area contributed by atoms with Gasteiger partial charge in [-0.3, -0.25) is 0 Å². The zero-order valence-corrected chi connectivity index (χ0v) is 29.8. The topological polar surface area (TPSA) is 12.5 Å². The van der Waals surface area contributed by atoms with Crippen molar-refractivity contribution in [2.45, 2.75) is 13.8 Å². The van der Waals surface area contributed by atoms with E-state index in [4.69, 9.17) is 4.74 Å². The van der Waals surface area contributed by atoms with Crippen molar-refractivity contribution in [3.05, 3.63) is 193 Å². The van der Waals surface area contributed by atoms with Crippen LogP contribution in [0.5, 0.6) is 11.5 Å². The molecule has 0 aromatic heterocycles. The molecule has 0 saturated carbocycles. The van der Waals surface area contributed by atoms with E-state index in [-0.39, 0.29) is 6.71 Å². The van der Waals surface area contributed by atoms with Crippen LogP contribution in [-0.2, 0) is 0 Å². The molecule has 0 aliphatic carbocycles. The number of nitrogens with zero attached hydrogens (tertiary/aromatic N) is 1. The molecule has 2 nitrogen and oxygen atoms in total. The average molecular weight is 678 g/mol. The van der Waals surface area contributed by atoms with Gasteiger partial charge in [0.15, 0.2) is 0 Å². The van der Waals surface area contributed by atoms with Gasteiger partial charge in [-0.25, -0.2) is 0 Å². The second-order valence-electron chi connectivity index (χ2n) is 14.2. The summed E-state index contributed by atoms with van der Waals surface area (Å²) in [5, 5.41) is 0. The van der Waals surface area contributed by atoms with Crippen LogP contribution < -0.4 is 26.0 Å². The first kappa shape index (κ1) is 31.2. The van der Waals surface area contributed by atoms with Crippen molar-refractivity contribution in [1.29, 1.82) is 0 Å². The minimum atomic E-state index is -0.0170. The Hall–Kier alpha value is -6.58. The molecular weight excluding hydrogens is 641 g/mol. The third-order valence-electron chi connectivity index (χ3n) is 10.9. The van der Waals surface area contributed by atoms with E-state index < -0.39 is 0 Å². The number of hydrogen-bond acceptors (Lipinski definition) is 2. The van der Waals surface area contributed by atoms with Crippen molar-refractivity contribution in [2.24, 2.45) is 0 Å². The lowest BCUT2D eigenvalue weighted by Crippen LogP contribution is -2.59. The van der Waals surface area contributed by atoms with Gasteiger partial charge in [-0.15, -0.1) is 0 Å².